The van der Waals surface area contributed by atoms with E-state index in [0.29, 0.717) is 24.3 Å². The van der Waals surface area contributed by atoms with Crippen molar-refractivity contribution in [3.63, 3.8) is 0 Å². The zero-order valence-corrected chi connectivity index (χ0v) is 20.3. The number of carbonyl (C=O) groups is 2. The smallest absolute Gasteiger partial charge is 0.414 e. The number of benzene rings is 1. The number of anilines is 2. The van der Waals surface area contributed by atoms with Crippen LogP contribution in [0.4, 0.5) is 16.2 Å². The summed E-state index contributed by atoms with van der Waals surface area (Å²) in [5, 5.41) is 4.44. The average molecular weight is 487 g/mol. The van der Waals surface area contributed by atoms with Gasteiger partial charge in [0.25, 0.3) is 0 Å². The summed E-state index contributed by atoms with van der Waals surface area (Å²) in [5.41, 5.74) is 2.96. The molecule has 1 aromatic carbocycles. The fourth-order valence-electron chi connectivity index (χ4n) is 5.05. The van der Waals surface area contributed by atoms with Crippen molar-refractivity contribution in [3.05, 3.63) is 30.6 Å². The third-order valence-corrected chi connectivity index (χ3v) is 8.84. The quantitative estimate of drug-likeness (QED) is 0.658. The van der Waals surface area contributed by atoms with Crippen LogP contribution in [0.5, 0.6) is 0 Å². The molecule has 2 amide bonds. The summed E-state index contributed by atoms with van der Waals surface area (Å²) in [6.07, 6.45) is 7.41. The Morgan fingerprint density at radius 2 is 1.88 bits per heavy atom. The molecular formula is C24H30N4O5S. The number of amides is 2. The average Bonchev–Trinajstić information content (AvgIpc) is 3.24. The van der Waals surface area contributed by atoms with Crippen LogP contribution >= 0.6 is 0 Å². The van der Waals surface area contributed by atoms with Crippen LogP contribution in [-0.2, 0) is 19.4 Å². The molecular weight excluding hydrogens is 456 g/mol. The summed E-state index contributed by atoms with van der Waals surface area (Å²) in [6, 6.07) is 5.29. The summed E-state index contributed by atoms with van der Waals surface area (Å²) in [7, 11) is -3.05. The molecule has 1 saturated carbocycles. The van der Waals surface area contributed by atoms with E-state index in [0.717, 1.165) is 36.8 Å². The normalized spacial score (nSPS) is 24.3. The minimum absolute atomic E-state index is 0.0368. The largest absolute Gasteiger partial charge is 0.446 e. The van der Waals surface area contributed by atoms with Gasteiger partial charge in [0, 0.05) is 25.2 Å². The molecule has 182 valence electrons. The number of fused-ring (bicyclic) bond motifs is 1. The summed E-state index contributed by atoms with van der Waals surface area (Å²) in [6.45, 7) is 3.80. The van der Waals surface area contributed by atoms with Crippen molar-refractivity contribution >= 4 is 33.2 Å². The highest BCUT2D eigenvalue weighted by Crippen LogP contribution is 2.40. The second-order valence-corrected chi connectivity index (χ2v) is 11.8. The van der Waals surface area contributed by atoms with Crippen LogP contribution in [0.15, 0.2) is 30.6 Å². The fourth-order valence-corrected chi connectivity index (χ4v) is 6.73. The van der Waals surface area contributed by atoms with Gasteiger partial charge in [0.1, 0.15) is 6.10 Å². The topological polar surface area (TPSA) is 102 Å². The molecule has 3 heterocycles. The van der Waals surface area contributed by atoms with Crippen LogP contribution in [-0.4, -0.2) is 60.4 Å². The highest BCUT2D eigenvalue weighted by molar-refractivity contribution is 7.91. The summed E-state index contributed by atoms with van der Waals surface area (Å²) in [5.74, 6) is 0.255. The lowest BCUT2D eigenvalue weighted by Crippen LogP contribution is -2.52. The monoisotopic (exact) mass is 486 g/mol. The molecule has 0 radical (unpaired) electrons. The van der Waals surface area contributed by atoms with E-state index in [1.807, 2.05) is 31.3 Å². The SMILES string of the molecule is CC(=O)N1c2ccc(-c3cnn([C@@H]4CCCS(=O)(=O)C4)c3)cc2N(C(=O)OC2CCC2)C[C@@H]1C. The Hall–Kier alpha value is -2.88. The van der Waals surface area contributed by atoms with E-state index in [-0.39, 0.29) is 41.7 Å². The Bertz CT molecular complexity index is 1220. The maximum atomic E-state index is 13.0. The molecule has 2 aromatic rings. The standard InChI is InChI=1S/C24H30N4O5S/c1-16-13-26(24(30)33-21-6-3-7-21)23-11-18(8-9-22(23)28(16)17(2)29)19-12-25-27(14-19)20-5-4-10-34(31,32)15-20/h8-9,11-12,14,16,20-21H,3-7,10,13,15H2,1-2H3/t16-,20+/m0/s1. The lowest BCUT2D eigenvalue weighted by Gasteiger charge is -2.41. The first-order chi connectivity index (χ1) is 16.2. The number of sulfone groups is 1. The van der Waals surface area contributed by atoms with E-state index in [2.05, 4.69) is 5.10 Å². The molecule has 1 aromatic heterocycles. The number of carbonyl (C=O) groups excluding carboxylic acids is 2. The molecule has 2 atom stereocenters. The molecule has 0 unspecified atom stereocenters. The molecule has 1 aliphatic carbocycles. The van der Waals surface area contributed by atoms with E-state index in [1.165, 1.54) is 6.92 Å². The predicted octanol–water partition coefficient (Wildman–Crippen LogP) is 3.55. The Labute approximate surface area is 199 Å². The van der Waals surface area contributed by atoms with Crippen LogP contribution in [0.25, 0.3) is 11.1 Å². The predicted molar refractivity (Wildman–Crippen MR) is 129 cm³/mol. The van der Waals surface area contributed by atoms with Crippen molar-refractivity contribution in [1.29, 1.82) is 0 Å². The fraction of sp³-hybridized carbons (Fsp3) is 0.542. The molecule has 5 rings (SSSR count). The van der Waals surface area contributed by atoms with E-state index < -0.39 is 9.84 Å². The minimum Gasteiger partial charge on any atom is -0.446 e. The number of hydrogen-bond donors (Lipinski definition) is 0. The molecule has 9 nitrogen and oxygen atoms in total. The van der Waals surface area contributed by atoms with Gasteiger partial charge in [0.15, 0.2) is 9.84 Å². The number of nitrogens with zero attached hydrogens (tertiary/aromatic N) is 4. The Kier molecular flexibility index (Phi) is 5.87. The lowest BCUT2D eigenvalue weighted by atomic mass is 9.96. The van der Waals surface area contributed by atoms with Crippen LogP contribution in [0, 0.1) is 0 Å². The summed E-state index contributed by atoms with van der Waals surface area (Å²) < 4.78 is 31.5. The first-order valence-corrected chi connectivity index (χ1v) is 13.7. The van der Waals surface area contributed by atoms with Gasteiger partial charge in [-0.1, -0.05) is 6.07 Å². The van der Waals surface area contributed by atoms with E-state index in [9.17, 15) is 18.0 Å². The van der Waals surface area contributed by atoms with E-state index in [1.54, 1.807) is 20.7 Å². The van der Waals surface area contributed by atoms with Gasteiger partial charge in [-0.25, -0.2) is 13.2 Å². The zero-order valence-electron chi connectivity index (χ0n) is 19.5. The van der Waals surface area contributed by atoms with Gasteiger partial charge in [-0.15, -0.1) is 0 Å². The Balaban J connectivity index is 1.47. The van der Waals surface area contributed by atoms with Crippen molar-refractivity contribution in [2.75, 3.05) is 27.9 Å². The van der Waals surface area contributed by atoms with Crippen LogP contribution in [0.3, 0.4) is 0 Å². The van der Waals surface area contributed by atoms with E-state index in [4.69, 9.17) is 4.74 Å². The van der Waals surface area contributed by atoms with Crippen molar-refractivity contribution < 1.29 is 22.7 Å². The number of ether oxygens (including phenoxy) is 1. The van der Waals surface area contributed by atoms with Crippen molar-refractivity contribution in [1.82, 2.24) is 9.78 Å². The zero-order chi connectivity index (χ0) is 24.0. The first kappa shape index (κ1) is 22.9. The maximum absolute atomic E-state index is 13.0. The molecule has 0 N–H and O–H groups in total. The molecule has 0 spiro atoms. The highest BCUT2D eigenvalue weighted by Gasteiger charge is 2.36. The Morgan fingerprint density at radius 1 is 1.09 bits per heavy atom. The Morgan fingerprint density at radius 3 is 2.56 bits per heavy atom. The van der Waals surface area contributed by atoms with Gasteiger partial charge in [-0.3, -0.25) is 14.4 Å². The second kappa shape index (κ2) is 8.72. The van der Waals surface area contributed by atoms with Gasteiger partial charge in [-0.2, -0.15) is 5.10 Å². The molecule has 34 heavy (non-hydrogen) atoms. The number of rotatable bonds is 3. The molecule has 2 fully saturated rings. The van der Waals surface area contributed by atoms with Crippen molar-refractivity contribution in [2.24, 2.45) is 0 Å². The van der Waals surface area contributed by atoms with E-state index >= 15 is 0 Å². The van der Waals surface area contributed by atoms with Gasteiger partial charge < -0.3 is 9.64 Å². The second-order valence-electron chi connectivity index (χ2n) is 9.61. The van der Waals surface area contributed by atoms with Gasteiger partial charge in [0.05, 0.1) is 41.2 Å². The van der Waals surface area contributed by atoms with Gasteiger partial charge >= 0.3 is 6.09 Å². The third kappa shape index (κ3) is 4.31. The molecule has 10 heteroatoms. The van der Waals surface area contributed by atoms with Crippen LogP contribution in [0.2, 0.25) is 0 Å². The lowest BCUT2D eigenvalue weighted by molar-refractivity contribution is -0.117. The molecule has 3 aliphatic rings. The van der Waals surface area contributed by atoms with Crippen LogP contribution in [0.1, 0.15) is 52.0 Å². The maximum Gasteiger partial charge on any atom is 0.414 e. The van der Waals surface area contributed by atoms with Gasteiger partial charge in [-0.05, 0) is 56.7 Å². The number of hydrogen-bond acceptors (Lipinski definition) is 6. The molecule has 2 aliphatic heterocycles. The highest BCUT2D eigenvalue weighted by atomic mass is 32.2. The molecule has 0 bridgehead atoms. The van der Waals surface area contributed by atoms with Gasteiger partial charge in [0.2, 0.25) is 5.91 Å². The summed E-state index contributed by atoms with van der Waals surface area (Å²) in [4.78, 5) is 28.8. The first-order valence-electron chi connectivity index (χ1n) is 11.9. The van der Waals surface area contributed by atoms with Crippen molar-refractivity contribution in [3.8, 4) is 11.1 Å². The molecule has 1 saturated heterocycles. The summed E-state index contributed by atoms with van der Waals surface area (Å²) >= 11 is 0. The third-order valence-electron chi connectivity index (χ3n) is 7.04. The number of aromatic nitrogens is 2. The minimum atomic E-state index is -3.05. The van der Waals surface area contributed by atoms with Crippen LogP contribution < -0.4 is 9.80 Å². The van der Waals surface area contributed by atoms with Crippen molar-refractivity contribution in [2.45, 2.75) is 64.1 Å².